The number of pyridine rings is 1. The first-order chi connectivity index (χ1) is 12.0. The fourth-order valence-electron chi connectivity index (χ4n) is 2.29. The number of benzene rings is 2. The third-order valence-corrected chi connectivity index (χ3v) is 4.34. The van der Waals surface area contributed by atoms with Crippen molar-refractivity contribution in [1.82, 2.24) is 4.98 Å². The molecule has 0 unspecified atom stereocenters. The lowest BCUT2D eigenvalue weighted by Crippen LogP contribution is -2.13. The van der Waals surface area contributed by atoms with Gasteiger partial charge in [0.2, 0.25) is 0 Å². The highest BCUT2D eigenvalue weighted by atomic mass is 35.5. The molecule has 3 rings (SSSR count). The van der Waals surface area contributed by atoms with Crippen LogP contribution in [0.5, 0.6) is 0 Å². The summed E-state index contributed by atoms with van der Waals surface area (Å²) in [6, 6.07) is 16.2. The summed E-state index contributed by atoms with van der Waals surface area (Å²) in [4.78, 5) is 16.6. The van der Waals surface area contributed by atoms with Crippen LogP contribution in [0.2, 0.25) is 10.0 Å². The topological polar surface area (TPSA) is 54.0 Å². The number of hydrogen-bond donors (Lipinski definition) is 2. The zero-order chi connectivity index (χ0) is 17.8. The molecule has 1 amide bonds. The average molecular weight is 372 g/mol. The molecule has 6 heteroatoms. The van der Waals surface area contributed by atoms with Crippen LogP contribution >= 0.6 is 23.2 Å². The van der Waals surface area contributed by atoms with Gasteiger partial charge in [-0.1, -0.05) is 41.4 Å². The van der Waals surface area contributed by atoms with Gasteiger partial charge < -0.3 is 10.6 Å². The highest BCUT2D eigenvalue weighted by Crippen LogP contribution is 2.26. The number of hydrogen-bond acceptors (Lipinski definition) is 3. The molecule has 126 valence electrons. The number of nitrogens with one attached hydrogen (secondary N) is 2. The molecule has 25 heavy (non-hydrogen) atoms. The first-order valence-electron chi connectivity index (χ1n) is 7.58. The second kappa shape index (κ2) is 7.55. The first-order valence-corrected chi connectivity index (χ1v) is 8.33. The zero-order valence-corrected chi connectivity index (χ0v) is 14.9. The summed E-state index contributed by atoms with van der Waals surface area (Å²) < 4.78 is 0. The molecule has 0 fully saturated rings. The van der Waals surface area contributed by atoms with Crippen molar-refractivity contribution < 1.29 is 4.79 Å². The van der Waals surface area contributed by atoms with E-state index in [1.54, 1.807) is 36.5 Å². The maximum absolute atomic E-state index is 12.3. The van der Waals surface area contributed by atoms with Gasteiger partial charge in [-0.25, -0.2) is 4.98 Å². The Labute approximate surface area is 155 Å². The zero-order valence-electron chi connectivity index (χ0n) is 13.4. The van der Waals surface area contributed by atoms with Crippen LogP contribution in [-0.4, -0.2) is 10.9 Å². The number of aromatic nitrogens is 1. The minimum atomic E-state index is -0.162. The molecule has 2 aromatic carbocycles. The van der Waals surface area contributed by atoms with Gasteiger partial charge in [-0.2, -0.15) is 0 Å². The van der Waals surface area contributed by atoms with Gasteiger partial charge in [-0.05, 0) is 48.9 Å². The van der Waals surface area contributed by atoms with Crippen LogP contribution in [0.3, 0.4) is 0 Å². The van der Waals surface area contributed by atoms with Crippen molar-refractivity contribution in [2.24, 2.45) is 0 Å². The smallest absolute Gasteiger partial charge is 0.255 e. The molecule has 2 N–H and O–H groups in total. The summed E-state index contributed by atoms with van der Waals surface area (Å²) in [6.07, 6.45) is 1.59. The van der Waals surface area contributed by atoms with Crippen LogP contribution in [0.4, 0.5) is 17.2 Å². The molecular weight excluding hydrogens is 357 g/mol. The predicted octanol–water partition coefficient (Wildman–Crippen LogP) is 5.69. The summed E-state index contributed by atoms with van der Waals surface area (Å²) in [5.41, 5.74) is 2.96. The molecule has 0 aliphatic carbocycles. The van der Waals surface area contributed by atoms with E-state index in [2.05, 4.69) is 15.6 Å². The molecule has 0 aliphatic rings. The van der Waals surface area contributed by atoms with Crippen molar-refractivity contribution >= 4 is 46.3 Å². The number of rotatable bonds is 4. The van der Waals surface area contributed by atoms with E-state index in [0.29, 0.717) is 27.1 Å². The minimum absolute atomic E-state index is 0.162. The molecule has 1 heterocycles. The molecule has 4 nitrogen and oxygen atoms in total. The fraction of sp³-hybridized carbons (Fsp3) is 0.0526. The summed E-state index contributed by atoms with van der Waals surface area (Å²) in [5, 5.41) is 6.93. The van der Waals surface area contributed by atoms with Crippen molar-refractivity contribution in [3.63, 3.8) is 0 Å². The van der Waals surface area contributed by atoms with Gasteiger partial charge in [-0.15, -0.1) is 0 Å². The molecule has 3 aromatic rings. The third kappa shape index (κ3) is 4.29. The van der Waals surface area contributed by atoms with Gasteiger partial charge in [0.25, 0.3) is 5.91 Å². The summed E-state index contributed by atoms with van der Waals surface area (Å²) >= 11 is 11.9. The Balaban J connectivity index is 1.69. The van der Waals surface area contributed by atoms with Gasteiger partial charge in [0.05, 0.1) is 21.9 Å². The van der Waals surface area contributed by atoms with E-state index < -0.39 is 0 Å². The van der Waals surface area contributed by atoms with Crippen molar-refractivity contribution in [3.8, 4) is 0 Å². The molecule has 0 saturated heterocycles. The van der Waals surface area contributed by atoms with Gasteiger partial charge in [0.1, 0.15) is 5.82 Å². The second-order valence-electron chi connectivity index (χ2n) is 5.46. The van der Waals surface area contributed by atoms with E-state index in [1.165, 1.54) is 0 Å². The highest BCUT2D eigenvalue weighted by molar-refractivity contribution is 6.42. The summed E-state index contributed by atoms with van der Waals surface area (Å²) in [7, 11) is 0. The number of anilines is 3. The normalized spacial score (nSPS) is 10.4. The number of carbonyl (C=O) groups is 1. The Morgan fingerprint density at radius 2 is 1.72 bits per heavy atom. The summed E-state index contributed by atoms with van der Waals surface area (Å²) in [6.45, 7) is 1.90. The monoisotopic (exact) mass is 371 g/mol. The Morgan fingerprint density at radius 3 is 2.40 bits per heavy atom. The lowest BCUT2D eigenvalue weighted by molar-refractivity contribution is 0.102. The maximum Gasteiger partial charge on any atom is 0.255 e. The second-order valence-corrected chi connectivity index (χ2v) is 6.27. The van der Waals surface area contributed by atoms with Crippen molar-refractivity contribution in [1.29, 1.82) is 0 Å². The number of halogens is 2. The lowest BCUT2D eigenvalue weighted by Gasteiger charge is -2.09. The molecule has 1 aromatic heterocycles. The van der Waals surface area contributed by atoms with Crippen LogP contribution in [0.25, 0.3) is 0 Å². The molecule has 0 spiro atoms. The standard InChI is InChI=1S/C19H15Cl2N3O/c1-12-4-2-3-5-15(12)19(25)24-14-7-9-18(22-11-14)23-13-6-8-16(20)17(21)10-13/h2-11H,1H3,(H,22,23)(H,24,25). The number of nitrogens with zero attached hydrogens (tertiary/aromatic N) is 1. The van der Waals surface area contributed by atoms with Gasteiger partial charge in [0.15, 0.2) is 0 Å². The van der Waals surface area contributed by atoms with E-state index in [1.807, 2.05) is 31.2 Å². The van der Waals surface area contributed by atoms with Crippen LogP contribution in [0.15, 0.2) is 60.8 Å². The van der Waals surface area contributed by atoms with E-state index in [0.717, 1.165) is 11.3 Å². The number of amides is 1. The van der Waals surface area contributed by atoms with E-state index in [4.69, 9.17) is 23.2 Å². The van der Waals surface area contributed by atoms with Crippen molar-refractivity contribution in [2.75, 3.05) is 10.6 Å². The predicted molar refractivity (Wildman–Crippen MR) is 103 cm³/mol. The van der Waals surface area contributed by atoms with Crippen molar-refractivity contribution in [2.45, 2.75) is 6.92 Å². The fourth-order valence-corrected chi connectivity index (χ4v) is 2.59. The molecule has 0 bridgehead atoms. The molecule has 0 aliphatic heterocycles. The van der Waals surface area contributed by atoms with Crippen LogP contribution < -0.4 is 10.6 Å². The molecule has 0 radical (unpaired) electrons. The Kier molecular flexibility index (Phi) is 5.22. The number of carbonyl (C=O) groups excluding carboxylic acids is 1. The van der Waals surface area contributed by atoms with E-state index in [-0.39, 0.29) is 5.91 Å². The third-order valence-electron chi connectivity index (χ3n) is 3.60. The average Bonchev–Trinajstić information content (AvgIpc) is 2.60. The van der Waals surface area contributed by atoms with Crippen LogP contribution in [0, 0.1) is 6.92 Å². The largest absolute Gasteiger partial charge is 0.340 e. The van der Waals surface area contributed by atoms with E-state index in [9.17, 15) is 4.79 Å². The first kappa shape index (κ1) is 17.3. The van der Waals surface area contributed by atoms with Crippen LogP contribution in [-0.2, 0) is 0 Å². The molecule has 0 atom stereocenters. The summed E-state index contributed by atoms with van der Waals surface area (Å²) in [5.74, 6) is 0.470. The highest BCUT2D eigenvalue weighted by Gasteiger charge is 2.08. The quantitative estimate of drug-likeness (QED) is 0.618. The lowest BCUT2D eigenvalue weighted by atomic mass is 10.1. The molecular formula is C19H15Cl2N3O. The van der Waals surface area contributed by atoms with Crippen molar-refractivity contribution in [3.05, 3.63) is 82.0 Å². The number of aryl methyl sites for hydroxylation is 1. The van der Waals surface area contributed by atoms with Gasteiger partial charge in [-0.3, -0.25) is 4.79 Å². The van der Waals surface area contributed by atoms with E-state index >= 15 is 0 Å². The molecule has 0 saturated carbocycles. The SMILES string of the molecule is Cc1ccccc1C(=O)Nc1ccc(Nc2ccc(Cl)c(Cl)c2)nc1. The Bertz CT molecular complexity index is 911. The van der Waals surface area contributed by atoms with Gasteiger partial charge in [0, 0.05) is 11.3 Å². The Morgan fingerprint density at radius 1 is 0.960 bits per heavy atom. The van der Waals surface area contributed by atoms with Gasteiger partial charge >= 0.3 is 0 Å². The Hall–Kier alpha value is -2.56. The minimum Gasteiger partial charge on any atom is -0.340 e. The van der Waals surface area contributed by atoms with Crippen LogP contribution in [0.1, 0.15) is 15.9 Å². The maximum atomic E-state index is 12.3.